The van der Waals surface area contributed by atoms with Gasteiger partial charge in [-0.15, -0.1) is 0 Å². The van der Waals surface area contributed by atoms with E-state index in [0.29, 0.717) is 12.6 Å². The van der Waals surface area contributed by atoms with Crippen molar-refractivity contribution >= 4 is 5.91 Å². The van der Waals surface area contributed by atoms with Crippen molar-refractivity contribution in [2.75, 3.05) is 26.3 Å². The van der Waals surface area contributed by atoms with Crippen LogP contribution in [0.1, 0.15) is 25.7 Å². The van der Waals surface area contributed by atoms with Gasteiger partial charge >= 0.3 is 0 Å². The molecular weight excluding hydrogens is 230 g/mol. The quantitative estimate of drug-likeness (QED) is 0.630. The lowest BCUT2D eigenvalue weighted by molar-refractivity contribution is -0.122. The fourth-order valence-corrected chi connectivity index (χ4v) is 1.81. The Morgan fingerprint density at radius 2 is 2.35 bits per heavy atom. The van der Waals surface area contributed by atoms with Crippen LogP contribution in [0.5, 0.6) is 0 Å². The Morgan fingerprint density at radius 3 is 3.00 bits per heavy atom. The Hall–Kier alpha value is -0.750. The van der Waals surface area contributed by atoms with Gasteiger partial charge in [-0.05, 0) is 25.8 Å². The van der Waals surface area contributed by atoms with Crippen LogP contribution < -0.4 is 10.6 Å². The predicted octanol–water partition coefficient (Wildman–Crippen LogP) is 0.916. The van der Waals surface area contributed by atoms with Crippen molar-refractivity contribution in [1.82, 2.24) is 10.6 Å². The van der Waals surface area contributed by atoms with Crippen LogP contribution in [0, 0.1) is 0 Å². The highest BCUT2D eigenvalue weighted by Crippen LogP contribution is 2.07. The molecule has 0 aromatic heterocycles. The number of ether oxygens (including phenoxy) is 1. The second-order valence-electron chi connectivity index (χ2n) is 4.15. The fraction of sp³-hybridized carbons (Fsp3) is 0.909. The molecule has 17 heavy (non-hydrogen) atoms. The number of halogens is 2. The predicted molar refractivity (Wildman–Crippen MR) is 60.1 cm³/mol. The molecule has 4 nitrogen and oxygen atoms in total. The Labute approximate surface area is 100 Å². The molecule has 0 saturated carbocycles. The first-order valence-electron chi connectivity index (χ1n) is 6.04. The minimum absolute atomic E-state index is 0.0534. The van der Waals surface area contributed by atoms with E-state index in [0.717, 1.165) is 19.4 Å². The average molecular weight is 250 g/mol. The minimum atomic E-state index is -2.47. The van der Waals surface area contributed by atoms with Crippen molar-refractivity contribution in [2.24, 2.45) is 0 Å². The number of nitrogens with one attached hydrogen (secondary N) is 2. The molecule has 2 N–H and O–H groups in total. The maximum atomic E-state index is 11.7. The molecule has 1 atom stereocenters. The van der Waals surface area contributed by atoms with Crippen molar-refractivity contribution in [3.63, 3.8) is 0 Å². The van der Waals surface area contributed by atoms with E-state index in [2.05, 4.69) is 15.4 Å². The molecule has 0 spiro atoms. The Morgan fingerprint density at radius 1 is 1.53 bits per heavy atom. The van der Waals surface area contributed by atoms with Gasteiger partial charge in [0.15, 0.2) is 0 Å². The first-order valence-corrected chi connectivity index (χ1v) is 6.04. The van der Waals surface area contributed by atoms with Crippen LogP contribution in [0.15, 0.2) is 0 Å². The third-order valence-electron chi connectivity index (χ3n) is 2.69. The largest absolute Gasteiger partial charge is 0.375 e. The van der Waals surface area contributed by atoms with Gasteiger partial charge in [-0.3, -0.25) is 4.79 Å². The Bertz CT molecular complexity index is 222. The lowest BCUT2D eigenvalue weighted by Crippen LogP contribution is -2.31. The summed E-state index contributed by atoms with van der Waals surface area (Å²) in [6.45, 7) is 1.14. The number of hydrogen-bond donors (Lipinski definition) is 2. The molecule has 1 amide bonds. The van der Waals surface area contributed by atoms with Gasteiger partial charge in [0, 0.05) is 19.0 Å². The SMILES string of the molecule is O=C(CCOCC(F)F)NCCC1CCCN1. The highest BCUT2D eigenvalue weighted by Gasteiger charge is 2.13. The standard InChI is InChI=1S/C11H20F2N2O2/c12-10(13)8-17-7-4-11(16)15-6-3-9-2-1-5-14-9/h9-10,14H,1-8H2,(H,15,16). The number of rotatable bonds is 8. The Balaban J connectivity index is 1.90. The minimum Gasteiger partial charge on any atom is -0.375 e. The summed E-state index contributed by atoms with van der Waals surface area (Å²) in [6, 6.07) is 0.505. The summed E-state index contributed by atoms with van der Waals surface area (Å²) in [5.41, 5.74) is 0. The normalized spacial score (nSPS) is 19.8. The van der Waals surface area contributed by atoms with E-state index in [1.807, 2.05) is 0 Å². The highest BCUT2D eigenvalue weighted by atomic mass is 19.3. The van der Waals surface area contributed by atoms with Gasteiger partial charge in [0.25, 0.3) is 6.43 Å². The summed E-state index contributed by atoms with van der Waals surface area (Å²) in [4.78, 5) is 11.3. The number of alkyl halides is 2. The second kappa shape index (κ2) is 8.36. The number of hydrogen-bond acceptors (Lipinski definition) is 3. The molecule has 0 aromatic rings. The van der Waals surface area contributed by atoms with Gasteiger partial charge < -0.3 is 15.4 Å². The summed E-state index contributed by atoms with van der Waals surface area (Å²) in [6.07, 6.45) is 0.952. The topological polar surface area (TPSA) is 50.4 Å². The molecule has 1 aliphatic rings. The Kier molecular flexibility index (Phi) is 7.04. The summed E-state index contributed by atoms with van der Waals surface area (Å²) >= 11 is 0. The van der Waals surface area contributed by atoms with Gasteiger partial charge in [-0.25, -0.2) is 8.78 Å². The summed E-state index contributed by atoms with van der Waals surface area (Å²) < 4.78 is 28.0. The molecule has 1 fully saturated rings. The van der Waals surface area contributed by atoms with Crippen molar-refractivity contribution in [2.45, 2.75) is 38.2 Å². The van der Waals surface area contributed by atoms with Gasteiger partial charge in [0.05, 0.1) is 6.61 Å². The van der Waals surface area contributed by atoms with Crippen LogP contribution in [-0.2, 0) is 9.53 Å². The van der Waals surface area contributed by atoms with E-state index < -0.39 is 13.0 Å². The van der Waals surface area contributed by atoms with E-state index >= 15 is 0 Å². The van der Waals surface area contributed by atoms with Crippen molar-refractivity contribution in [1.29, 1.82) is 0 Å². The summed E-state index contributed by atoms with van der Waals surface area (Å²) in [5, 5.41) is 6.09. The zero-order valence-corrected chi connectivity index (χ0v) is 9.88. The van der Waals surface area contributed by atoms with E-state index in [-0.39, 0.29) is 18.9 Å². The third-order valence-corrected chi connectivity index (χ3v) is 2.69. The zero-order chi connectivity index (χ0) is 12.5. The molecule has 0 radical (unpaired) electrons. The molecular formula is C11H20F2N2O2. The first kappa shape index (κ1) is 14.3. The van der Waals surface area contributed by atoms with Gasteiger partial charge in [-0.1, -0.05) is 0 Å². The molecule has 0 aliphatic carbocycles. The highest BCUT2D eigenvalue weighted by molar-refractivity contribution is 5.75. The van der Waals surface area contributed by atoms with Crippen LogP contribution in [-0.4, -0.2) is 44.7 Å². The van der Waals surface area contributed by atoms with Gasteiger partial charge in [-0.2, -0.15) is 0 Å². The average Bonchev–Trinajstić information content (AvgIpc) is 2.77. The summed E-state index contributed by atoms with van der Waals surface area (Å²) in [5.74, 6) is -0.141. The molecule has 100 valence electrons. The maximum Gasteiger partial charge on any atom is 0.261 e. The van der Waals surface area contributed by atoms with Crippen LogP contribution in [0.25, 0.3) is 0 Å². The van der Waals surface area contributed by atoms with E-state index in [1.54, 1.807) is 0 Å². The van der Waals surface area contributed by atoms with E-state index in [1.165, 1.54) is 6.42 Å². The van der Waals surface area contributed by atoms with Crippen LogP contribution >= 0.6 is 0 Å². The molecule has 6 heteroatoms. The molecule has 1 saturated heterocycles. The molecule has 0 bridgehead atoms. The zero-order valence-electron chi connectivity index (χ0n) is 9.88. The lowest BCUT2D eigenvalue weighted by atomic mass is 10.1. The number of carbonyl (C=O) groups excluding carboxylic acids is 1. The fourth-order valence-electron chi connectivity index (χ4n) is 1.81. The van der Waals surface area contributed by atoms with E-state index in [4.69, 9.17) is 0 Å². The third kappa shape index (κ3) is 7.23. The molecule has 0 aromatic carbocycles. The molecule has 1 rings (SSSR count). The van der Waals surface area contributed by atoms with Crippen LogP contribution in [0.4, 0.5) is 8.78 Å². The monoisotopic (exact) mass is 250 g/mol. The first-order chi connectivity index (χ1) is 8.18. The second-order valence-corrected chi connectivity index (χ2v) is 4.15. The number of amides is 1. The van der Waals surface area contributed by atoms with E-state index in [9.17, 15) is 13.6 Å². The molecule has 1 aliphatic heterocycles. The van der Waals surface area contributed by atoms with Crippen LogP contribution in [0.2, 0.25) is 0 Å². The van der Waals surface area contributed by atoms with Crippen molar-refractivity contribution in [3.05, 3.63) is 0 Å². The van der Waals surface area contributed by atoms with Gasteiger partial charge in [0.2, 0.25) is 5.91 Å². The van der Waals surface area contributed by atoms with Crippen molar-refractivity contribution in [3.8, 4) is 0 Å². The number of carbonyl (C=O) groups is 1. The van der Waals surface area contributed by atoms with Crippen LogP contribution in [0.3, 0.4) is 0 Å². The summed E-state index contributed by atoms with van der Waals surface area (Å²) in [7, 11) is 0. The van der Waals surface area contributed by atoms with Gasteiger partial charge in [0.1, 0.15) is 6.61 Å². The smallest absolute Gasteiger partial charge is 0.261 e. The molecule has 1 unspecified atom stereocenters. The molecule has 1 heterocycles. The maximum absolute atomic E-state index is 11.7. The van der Waals surface area contributed by atoms with Crippen molar-refractivity contribution < 1.29 is 18.3 Å². The lowest BCUT2D eigenvalue weighted by Gasteiger charge is -2.10.